The Morgan fingerprint density at radius 1 is 0.281 bits per heavy atom. The monoisotopic (exact) mass is 1010 g/mol. The second-order valence-corrected chi connectivity index (χ2v) is 13.9. The van der Waals surface area contributed by atoms with Crippen LogP contribution in [-0.4, -0.2) is 29.9 Å². The SMILES string of the molecule is [Ir].[c-]1ccccc1N1[CH-]N(c2ccccc2)c2nccnc21.[c-]1ccccc1N1[CH-]N(c2ccccc2)c2nccnc21.[c-]1ccccc1N1[CH-]N(c2ccccc2)c2nccnc21. The Hall–Kier alpha value is -7.99. The van der Waals surface area contributed by atoms with Crippen LogP contribution in [-0.2, 0) is 20.1 Å². The summed E-state index contributed by atoms with van der Waals surface area (Å²) in [5.74, 6) is 4.89. The van der Waals surface area contributed by atoms with Gasteiger partial charge in [-0.05, 0) is 36.4 Å². The van der Waals surface area contributed by atoms with Crippen molar-refractivity contribution in [3.8, 4) is 0 Å². The number of hydrogen-bond donors (Lipinski definition) is 0. The van der Waals surface area contributed by atoms with Crippen LogP contribution < -0.4 is 29.4 Å². The van der Waals surface area contributed by atoms with E-state index in [1.165, 1.54) is 0 Å². The molecule has 0 amide bonds. The first kappa shape index (κ1) is 41.4. The van der Waals surface area contributed by atoms with Crippen LogP contribution in [0.15, 0.2) is 201 Å². The van der Waals surface area contributed by atoms with Gasteiger partial charge in [0.25, 0.3) is 0 Å². The van der Waals surface area contributed by atoms with Crippen molar-refractivity contribution in [2.75, 3.05) is 29.4 Å². The minimum Gasteiger partial charge on any atom is -0.477 e. The maximum absolute atomic E-state index is 4.47. The van der Waals surface area contributed by atoms with Crippen molar-refractivity contribution < 1.29 is 20.1 Å². The quantitative estimate of drug-likeness (QED) is 0.148. The molecular formula is C51H36IrN12-6. The van der Waals surface area contributed by atoms with Gasteiger partial charge in [0.2, 0.25) is 0 Å². The Bertz CT molecular complexity index is 2360. The third-order valence-corrected chi connectivity index (χ3v) is 10.0. The minimum absolute atomic E-state index is 0. The van der Waals surface area contributed by atoms with E-state index in [1.54, 1.807) is 37.2 Å². The van der Waals surface area contributed by atoms with E-state index in [0.29, 0.717) is 0 Å². The molecule has 315 valence electrons. The molecule has 3 aromatic heterocycles. The molecule has 6 aromatic carbocycles. The average molecular weight is 1010 g/mol. The number of hydrogen-bond acceptors (Lipinski definition) is 12. The molecule has 0 saturated carbocycles. The summed E-state index contributed by atoms with van der Waals surface area (Å²) in [5.41, 5.74) is 5.99. The number of aromatic nitrogens is 6. The van der Waals surface area contributed by atoms with Crippen LogP contribution in [0.1, 0.15) is 0 Å². The van der Waals surface area contributed by atoms with E-state index in [-0.39, 0.29) is 20.1 Å². The van der Waals surface area contributed by atoms with Crippen LogP contribution in [0.4, 0.5) is 69.0 Å². The maximum Gasteiger partial charge on any atom is 0.145 e. The zero-order chi connectivity index (χ0) is 42.2. The van der Waals surface area contributed by atoms with E-state index in [4.69, 9.17) is 0 Å². The third-order valence-electron chi connectivity index (χ3n) is 10.0. The van der Waals surface area contributed by atoms with E-state index < -0.39 is 0 Å². The number of rotatable bonds is 6. The molecule has 0 aliphatic carbocycles. The van der Waals surface area contributed by atoms with Gasteiger partial charge in [-0.1, -0.05) is 54.6 Å². The summed E-state index contributed by atoms with van der Waals surface area (Å²) < 4.78 is 0. The maximum atomic E-state index is 4.47. The van der Waals surface area contributed by atoms with Gasteiger partial charge in [0, 0.05) is 74.3 Å². The molecule has 64 heavy (non-hydrogen) atoms. The molecule has 0 spiro atoms. The molecule has 0 saturated heterocycles. The second-order valence-electron chi connectivity index (χ2n) is 13.9. The molecule has 0 unspecified atom stereocenters. The van der Waals surface area contributed by atoms with E-state index in [2.05, 4.69) is 48.1 Å². The second kappa shape index (κ2) is 19.4. The molecule has 0 bridgehead atoms. The molecular weight excluding hydrogens is 973 g/mol. The van der Waals surface area contributed by atoms with E-state index in [9.17, 15) is 0 Å². The van der Waals surface area contributed by atoms with Crippen molar-refractivity contribution in [3.63, 3.8) is 0 Å². The summed E-state index contributed by atoms with van der Waals surface area (Å²) in [4.78, 5) is 38.9. The predicted molar refractivity (Wildman–Crippen MR) is 247 cm³/mol. The van der Waals surface area contributed by atoms with Gasteiger partial charge >= 0.3 is 0 Å². The molecule has 0 N–H and O–H groups in total. The molecule has 3 aliphatic rings. The van der Waals surface area contributed by atoms with E-state index in [0.717, 1.165) is 69.0 Å². The zero-order valence-corrected chi connectivity index (χ0v) is 36.4. The van der Waals surface area contributed by atoms with Crippen molar-refractivity contribution in [3.05, 3.63) is 239 Å². The number of fused-ring (bicyclic) bond motifs is 3. The summed E-state index contributed by atoms with van der Waals surface area (Å²) in [7, 11) is 0. The number of anilines is 12. The Labute approximate surface area is 385 Å². The molecule has 0 fully saturated rings. The molecule has 13 heteroatoms. The van der Waals surface area contributed by atoms with Crippen molar-refractivity contribution >= 4 is 69.0 Å². The molecule has 3 aliphatic heterocycles. The number of para-hydroxylation sites is 6. The molecule has 6 heterocycles. The summed E-state index contributed by atoms with van der Waals surface area (Å²) >= 11 is 0. The number of benzene rings is 6. The molecule has 12 rings (SSSR count). The van der Waals surface area contributed by atoms with Gasteiger partial charge in [0.1, 0.15) is 34.9 Å². The zero-order valence-electron chi connectivity index (χ0n) is 34.0. The number of nitrogens with zero attached hydrogens (tertiary/aromatic N) is 12. The molecule has 0 atom stereocenters. The molecule has 12 nitrogen and oxygen atoms in total. The van der Waals surface area contributed by atoms with Crippen molar-refractivity contribution in [1.82, 2.24) is 29.9 Å². The van der Waals surface area contributed by atoms with Crippen molar-refractivity contribution in [2.24, 2.45) is 0 Å². The largest absolute Gasteiger partial charge is 0.477 e. The van der Waals surface area contributed by atoms with Crippen molar-refractivity contribution in [2.45, 2.75) is 0 Å². The van der Waals surface area contributed by atoms with Crippen LogP contribution in [0.25, 0.3) is 0 Å². The van der Waals surface area contributed by atoms with Crippen LogP contribution in [0, 0.1) is 38.2 Å². The first-order valence-corrected chi connectivity index (χ1v) is 20.1. The third kappa shape index (κ3) is 8.58. The normalized spacial score (nSPS) is 13.1. The van der Waals surface area contributed by atoms with E-state index in [1.807, 2.05) is 213 Å². The first-order chi connectivity index (χ1) is 31.3. The summed E-state index contributed by atoms with van der Waals surface area (Å²) in [6.07, 6.45) is 10.2. The molecule has 9 aromatic rings. The van der Waals surface area contributed by atoms with Crippen LogP contribution in [0.2, 0.25) is 0 Å². The Morgan fingerprint density at radius 2 is 0.516 bits per heavy atom. The molecule has 1 radical (unpaired) electrons. The Kier molecular flexibility index (Phi) is 12.5. The van der Waals surface area contributed by atoms with Crippen LogP contribution in [0.3, 0.4) is 0 Å². The van der Waals surface area contributed by atoms with Crippen LogP contribution >= 0.6 is 0 Å². The van der Waals surface area contributed by atoms with Gasteiger partial charge in [-0.2, -0.15) is 91.0 Å². The van der Waals surface area contributed by atoms with Gasteiger partial charge in [-0.25, -0.2) is 29.9 Å². The Morgan fingerprint density at radius 3 is 0.750 bits per heavy atom. The standard InChI is InChI=1S/3C17H12N4.Ir/c3*1-3-7-14(8-4-1)20-13-21(15-9-5-2-6-10-15)17-16(20)18-11-12-19-17;/h3*1-9,11-13H;/q3*-2;. The fraction of sp³-hybridized carbons (Fsp3) is 0. The summed E-state index contributed by atoms with van der Waals surface area (Å²) in [6.45, 7) is 5.98. The van der Waals surface area contributed by atoms with Gasteiger partial charge < -0.3 is 29.4 Å². The first-order valence-electron chi connectivity index (χ1n) is 20.1. The van der Waals surface area contributed by atoms with Crippen molar-refractivity contribution in [1.29, 1.82) is 0 Å². The average Bonchev–Trinajstić information content (AvgIpc) is 4.09. The summed E-state index contributed by atoms with van der Waals surface area (Å²) in [6, 6.07) is 63.5. The fourth-order valence-electron chi connectivity index (χ4n) is 7.13. The fourth-order valence-corrected chi connectivity index (χ4v) is 7.13. The smallest absolute Gasteiger partial charge is 0.145 e. The van der Waals surface area contributed by atoms with Gasteiger partial charge in [0.15, 0.2) is 0 Å². The van der Waals surface area contributed by atoms with Gasteiger partial charge in [-0.3, -0.25) is 0 Å². The Balaban J connectivity index is 0.000000121. The van der Waals surface area contributed by atoms with Crippen LogP contribution in [0.5, 0.6) is 0 Å². The predicted octanol–water partition coefficient (Wildman–Crippen LogP) is 11.1. The minimum atomic E-state index is 0. The summed E-state index contributed by atoms with van der Waals surface area (Å²) in [5, 5.41) is 0. The van der Waals surface area contributed by atoms with Gasteiger partial charge in [-0.15, -0.1) is 37.1 Å². The topological polar surface area (TPSA) is 96.8 Å². The van der Waals surface area contributed by atoms with E-state index >= 15 is 0 Å². The van der Waals surface area contributed by atoms with Gasteiger partial charge in [0.05, 0.1) is 0 Å².